The minimum atomic E-state index is -0.242. The summed E-state index contributed by atoms with van der Waals surface area (Å²) in [7, 11) is 0. The molecule has 0 atom stereocenters. The second-order valence-corrected chi connectivity index (χ2v) is 6.43. The first-order valence-corrected chi connectivity index (χ1v) is 8.93. The van der Waals surface area contributed by atoms with E-state index >= 15 is 0 Å². The van der Waals surface area contributed by atoms with Crippen LogP contribution in [0.5, 0.6) is 0 Å². The van der Waals surface area contributed by atoms with E-state index in [9.17, 15) is 4.39 Å². The van der Waals surface area contributed by atoms with Gasteiger partial charge in [0.1, 0.15) is 11.3 Å². The van der Waals surface area contributed by atoms with Gasteiger partial charge in [-0.15, -0.1) is 0 Å². The van der Waals surface area contributed by atoms with Gasteiger partial charge in [-0.05, 0) is 53.8 Å². The van der Waals surface area contributed by atoms with Crippen molar-refractivity contribution in [2.24, 2.45) is 4.99 Å². The summed E-state index contributed by atoms with van der Waals surface area (Å²) in [6, 6.07) is 16.5. The van der Waals surface area contributed by atoms with E-state index in [2.05, 4.69) is 27.9 Å². The van der Waals surface area contributed by atoms with Gasteiger partial charge in [0.25, 0.3) is 0 Å². The van der Waals surface area contributed by atoms with Gasteiger partial charge in [0, 0.05) is 17.3 Å². The molecule has 2 aromatic carbocycles. The summed E-state index contributed by atoms with van der Waals surface area (Å²) in [6.45, 7) is 1.70. The molecule has 1 aliphatic rings. The Balaban J connectivity index is 1.36. The Labute approximate surface area is 157 Å². The molecule has 3 nitrogen and oxygen atoms in total. The van der Waals surface area contributed by atoms with Crippen LogP contribution in [0.4, 0.5) is 4.39 Å². The summed E-state index contributed by atoms with van der Waals surface area (Å²) in [5, 5.41) is 1.14. The molecule has 0 amide bonds. The second kappa shape index (κ2) is 8.03. The first-order valence-electron chi connectivity index (χ1n) is 8.93. The van der Waals surface area contributed by atoms with Gasteiger partial charge in [0.2, 0.25) is 0 Å². The molecule has 0 spiro atoms. The molecule has 27 heavy (non-hydrogen) atoms. The molecule has 0 fully saturated rings. The maximum absolute atomic E-state index is 13.1. The number of nitrogens with one attached hydrogen (secondary N) is 1. The van der Waals surface area contributed by atoms with Crippen LogP contribution < -0.4 is 10.7 Å². The Morgan fingerprint density at radius 3 is 2.67 bits per heavy atom. The van der Waals surface area contributed by atoms with Gasteiger partial charge in [0.15, 0.2) is 0 Å². The molecule has 2 heterocycles. The van der Waals surface area contributed by atoms with Crippen molar-refractivity contribution in [1.29, 1.82) is 0 Å². The zero-order chi connectivity index (χ0) is 18.5. The Morgan fingerprint density at radius 1 is 1.00 bits per heavy atom. The van der Waals surface area contributed by atoms with Crippen molar-refractivity contribution in [3.05, 3.63) is 93.5 Å². The molecule has 0 saturated carbocycles. The number of rotatable bonds is 4. The molecule has 0 radical (unpaired) electrons. The zero-order valence-corrected chi connectivity index (χ0v) is 14.8. The fraction of sp³-hybridized carbons (Fsp3) is 0.174. The minimum absolute atomic E-state index is 0.242. The quantitative estimate of drug-likeness (QED) is 0.715. The predicted molar refractivity (Wildman–Crippen MR) is 103 cm³/mol. The van der Waals surface area contributed by atoms with Gasteiger partial charge in [-0.25, -0.2) is 4.39 Å². The molecular formula is C23H19FN2O. The number of halogens is 1. The highest BCUT2D eigenvalue weighted by atomic mass is 19.1. The lowest BCUT2D eigenvalue weighted by Gasteiger charge is -2.05. The van der Waals surface area contributed by atoms with E-state index in [-0.39, 0.29) is 5.82 Å². The number of fused-ring (bicyclic) bond motifs is 1. The highest BCUT2D eigenvalue weighted by Crippen LogP contribution is 2.09. The van der Waals surface area contributed by atoms with Gasteiger partial charge in [-0.3, -0.25) is 4.99 Å². The molecule has 0 aliphatic carbocycles. The fourth-order valence-electron chi connectivity index (χ4n) is 2.95. The van der Waals surface area contributed by atoms with Crippen LogP contribution in [0.3, 0.4) is 0 Å². The monoisotopic (exact) mass is 358 g/mol. The topological polar surface area (TPSA) is 37.4 Å². The molecule has 0 bridgehead atoms. The van der Waals surface area contributed by atoms with Crippen molar-refractivity contribution < 1.29 is 9.13 Å². The van der Waals surface area contributed by atoms with Crippen LogP contribution in [-0.2, 0) is 18.0 Å². The lowest BCUT2D eigenvalue weighted by atomic mass is 10.1. The Bertz CT molecular complexity index is 1080. The van der Waals surface area contributed by atoms with E-state index in [1.807, 2.05) is 36.4 Å². The average molecular weight is 358 g/mol. The maximum Gasteiger partial charge on any atom is 0.132 e. The van der Waals surface area contributed by atoms with Crippen LogP contribution in [-0.4, -0.2) is 11.5 Å². The number of hydrogen-bond donors (Lipinski definition) is 1. The smallest absolute Gasteiger partial charge is 0.132 e. The van der Waals surface area contributed by atoms with Crippen LogP contribution in [0.2, 0.25) is 0 Å². The zero-order valence-electron chi connectivity index (χ0n) is 14.8. The SMILES string of the molecule is Fc1cccc(COCc2ccc(C#Cc3cc4c([nH]3)=NCCC=4)cc2)c1. The number of hydrogen-bond acceptors (Lipinski definition) is 2. The molecule has 1 N–H and O–H groups in total. The van der Waals surface area contributed by atoms with Crippen molar-refractivity contribution >= 4 is 6.08 Å². The summed E-state index contributed by atoms with van der Waals surface area (Å²) < 4.78 is 18.8. The van der Waals surface area contributed by atoms with Crippen LogP contribution in [0.25, 0.3) is 6.08 Å². The third kappa shape index (κ3) is 4.52. The van der Waals surface area contributed by atoms with E-state index in [1.54, 1.807) is 6.07 Å². The predicted octanol–water partition coefficient (Wildman–Crippen LogP) is 3.07. The van der Waals surface area contributed by atoms with Gasteiger partial charge in [0.05, 0.1) is 18.9 Å². The van der Waals surface area contributed by atoms with E-state index < -0.39 is 0 Å². The van der Waals surface area contributed by atoms with Gasteiger partial charge in [-0.1, -0.05) is 36.3 Å². The third-order valence-electron chi connectivity index (χ3n) is 4.31. The molecule has 4 rings (SSSR count). The molecule has 0 unspecified atom stereocenters. The highest BCUT2D eigenvalue weighted by Gasteiger charge is 1.99. The normalized spacial score (nSPS) is 12.3. The van der Waals surface area contributed by atoms with Gasteiger partial charge < -0.3 is 9.72 Å². The molecule has 1 aliphatic heterocycles. The van der Waals surface area contributed by atoms with Crippen molar-refractivity contribution in [2.75, 3.05) is 6.54 Å². The summed E-state index contributed by atoms with van der Waals surface area (Å²) in [6.07, 6.45) is 3.17. The Hall–Kier alpha value is -3.16. The van der Waals surface area contributed by atoms with Gasteiger partial charge >= 0.3 is 0 Å². The Kier molecular flexibility index (Phi) is 5.13. The lowest BCUT2D eigenvalue weighted by Crippen LogP contribution is -2.25. The van der Waals surface area contributed by atoms with Crippen LogP contribution in [0.1, 0.15) is 28.8 Å². The van der Waals surface area contributed by atoms with Crippen molar-refractivity contribution in [3.63, 3.8) is 0 Å². The summed E-state index contributed by atoms with van der Waals surface area (Å²) in [5.41, 5.74) is 4.63. The van der Waals surface area contributed by atoms with Crippen LogP contribution in [0.15, 0.2) is 59.6 Å². The van der Waals surface area contributed by atoms with Gasteiger partial charge in [-0.2, -0.15) is 0 Å². The number of nitrogens with zero attached hydrogens (tertiary/aromatic N) is 1. The number of aromatic nitrogens is 1. The average Bonchev–Trinajstić information content (AvgIpc) is 3.10. The first kappa shape index (κ1) is 17.3. The Morgan fingerprint density at radius 2 is 1.85 bits per heavy atom. The molecule has 4 heteroatoms. The molecule has 134 valence electrons. The third-order valence-corrected chi connectivity index (χ3v) is 4.31. The van der Waals surface area contributed by atoms with Crippen molar-refractivity contribution in [2.45, 2.75) is 19.6 Å². The molecular weight excluding hydrogens is 339 g/mol. The largest absolute Gasteiger partial charge is 0.372 e. The molecule has 3 aromatic rings. The minimum Gasteiger partial charge on any atom is -0.372 e. The standard InChI is InChI=1S/C23H19FN2O/c24-21-5-1-3-19(13-21)16-27-15-18-8-6-17(7-9-18)10-11-22-14-20-4-2-12-25-23(20)26-22/h1,3-9,13-14H,2,12,15-16H2,(H,25,26). The fourth-order valence-corrected chi connectivity index (χ4v) is 2.95. The van der Waals surface area contributed by atoms with Crippen molar-refractivity contribution in [3.8, 4) is 11.8 Å². The number of ether oxygens (including phenoxy) is 1. The van der Waals surface area contributed by atoms with Crippen molar-refractivity contribution in [1.82, 2.24) is 4.98 Å². The van der Waals surface area contributed by atoms with E-state index in [0.29, 0.717) is 13.2 Å². The number of benzene rings is 2. The second-order valence-electron chi connectivity index (χ2n) is 6.43. The van der Waals surface area contributed by atoms with Crippen LogP contribution >= 0.6 is 0 Å². The molecule has 0 saturated heterocycles. The summed E-state index contributed by atoms with van der Waals surface area (Å²) in [5.74, 6) is 6.08. The lowest BCUT2D eigenvalue weighted by molar-refractivity contribution is 0.107. The first-order chi connectivity index (χ1) is 13.3. The van der Waals surface area contributed by atoms with E-state index in [4.69, 9.17) is 4.74 Å². The maximum atomic E-state index is 13.1. The number of aromatic amines is 1. The van der Waals surface area contributed by atoms with E-state index in [1.165, 1.54) is 12.1 Å². The molecule has 1 aromatic heterocycles. The highest BCUT2D eigenvalue weighted by molar-refractivity contribution is 5.42. The van der Waals surface area contributed by atoms with E-state index in [0.717, 1.165) is 46.1 Å². The van der Waals surface area contributed by atoms with Crippen LogP contribution in [0, 0.1) is 17.7 Å². The summed E-state index contributed by atoms with van der Waals surface area (Å²) >= 11 is 0. The number of H-pyrrole nitrogens is 1. The summed E-state index contributed by atoms with van der Waals surface area (Å²) in [4.78, 5) is 7.69.